The lowest BCUT2D eigenvalue weighted by molar-refractivity contribution is -0.178. The average molecular weight is 321 g/mol. The predicted molar refractivity (Wildman–Crippen MR) is 78.0 cm³/mol. The number of carbonyl (C=O) groups is 2. The van der Waals surface area contributed by atoms with Gasteiger partial charge in [-0.05, 0) is 25.0 Å². The van der Waals surface area contributed by atoms with Gasteiger partial charge >= 0.3 is 0 Å². The number of imide groups is 1. The highest BCUT2D eigenvalue weighted by Crippen LogP contribution is 2.22. The van der Waals surface area contributed by atoms with E-state index in [4.69, 9.17) is 4.84 Å². The lowest BCUT2D eigenvalue weighted by Crippen LogP contribution is -2.51. The number of nitrogens with zero attached hydrogens (tertiary/aromatic N) is 3. The maximum Gasteiger partial charge on any atom is 0.263 e. The van der Waals surface area contributed by atoms with Crippen molar-refractivity contribution in [2.45, 2.75) is 18.9 Å². The first-order valence-corrected chi connectivity index (χ1v) is 7.31. The van der Waals surface area contributed by atoms with Crippen molar-refractivity contribution in [3.05, 3.63) is 40.6 Å². The average Bonchev–Trinajstić information content (AvgIpc) is 3.14. The number of hydrazine groups is 2. The highest BCUT2D eigenvalue weighted by atomic mass is 16.8. The number of carbonyl (C=O) groups excluding carboxylic acids is 2. The molecule has 0 radical (unpaired) electrons. The largest absolute Gasteiger partial charge is 0.756 e. The summed E-state index contributed by atoms with van der Waals surface area (Å²) >= 11 is 0. The van der Waals surface area contributed by atoms with Crippen LogP contribution in [0.4, 0.5) is 0 Å². The fraction of sp³-hybridized carbons (Fsp3) is 0.429. The molecule has 0 aliphatic carbocycles. The fourth-order valence-electron chi connectivity index (χ4n) is 2.80. The quantitative estimate of drug-likeness (QED) is 0.550. The van der Waals surface area contributed by atoms with E-state index >= 15 is 0 Å². The molecule has 0 bridgehead atoms. The van der Waals surface area contributed by atoms with Gasteiger partial charge in [0.25, 0.3) is 11.8 Å². The lowest BCUT2D eigenvalue weighted by atomic mass is 10.1. The van der Waals surface area contributed by atoms with Crippen LogP contribution in [-0.4, -0.2) is 58.0 Å². The summed E-state index contributed by atoms with van der Waals surface area (Å²) in [4.78, 5) is 30.1. The number of rotatable bonds is 6. The van der Waals surface area contributed by atoms with Gasteiger partial charge in [-0.25, -0.2) is 15.2 Å². The van der Waals surface area contributed by atoms with Crippen LogP contribution in [0.15, 0.2) is 24.3 Å². The van der Waals surface area contributed by atoms with Crippen LogP contribution in [0.1, 0.15) is 33.6 Å². The van der Waals surface area contributed by atoms with E-state index in [1.807, 2.05) is 0 Å². The van der Waals surface area contributed by atoms with Gasteiger partial charge in [-0.15, -0.1) is 5.59 Å². The lowest BCUT2D eigenvalue weighted by Gasteiger charge is -2.39. The molecule has 23 heavy (non-hydrogen) atoms. The monoisotopic (exact) mass is 321 g/mol. The number of benzene rings is 1. The Morgan fingerprint density at radius 1 is 1.30 bits per heavy atom. The molecule has 1 saturated heterocycles. The first kappa shape index (κ1) is 16.0. The summed E-state index contributed by atoms with van der Waals surface area (Å²) in [5.74, 6) is -0.918. The van der Waals surface area contributed by atoms with Gasteiger partial charge < -0.3 is 10.3 Å². The molecule has 2 amide bonds. The van der Waals surface area contributed by atoms with Crippen molar-refractivity contribution in [2.75, 3.05) is 19.9 Å². The van der Waals surface area contributed by atoms with Gasteiger partial charge in [-0.1, -0.05) is 12.1 Å². The van der Waals surface area contributed by atoms with Gasteiger partial charge in [0.2, 0.25) is 0 Å². The number of fused-ring (bicyclic) bond motifs is 1. The second-order valence-corrected chi connectivity index (χ2v) is 5.36. The molecule has 2 N–H and O–H groups in total. The van der Waals surface area contributed by atoms with Gasteiger partial charge in [0.05, 0.1) is 17.7 Å². The molecule has 1 fully saturated rings. The van der Waals surface area contributed by atoms with Crippen LogP contribution in [0.2, 0.25) is 0 Å². The Balaban J connectivity index is 1.54. The number of nitrogens with one attached hydrogen (secondary N) is 1. The summed E-state index contributed by atoms with van der Waals surface area (Å²) in [6.45, 7) is -0.0142. The van der Waals surface area contributed by atoms with Crippen molar-refractivity contribution in [1.82, 2.24) is 20.8 Å². The maximum atomic E-state index is 12.1. The van der Waals surface area contributed by atoms with Gasteiger partial charge in [0.15, 0.2) is 6.73 Å². The van der Waals surface area contributed by atoms with E-state index in [0.29, 0.717) is 23.0 Å². The standard InChI is InChI=1S/C14H17N4O5/c19-8-10-4-3-7-17(10)18(22)15-23-9-16-13(20)11-5-1-2-6-12(11)14(16)21/h1-2,5-6,10,15,19H,3-4,7-9H2/q-1/t10-/m0/s1. The molecular weight excluding hydrogens is 304 g/mol. The molecule has 0 spiro atoms. The van der Waals surface area contributed by atoms with Gasteiger partial charge in [0.1, 0.15) is 0 Å². The summed E-state index contributed by atoms with van der Waals surface area (Å²) in [5, 5.41) is 22.8. The summed E-state index contributed by atoms with van der Waals surface area (Å²) in [7, 11) is 0. The number of aliphatic hydroxyl groups excluding tert-OH is 1. The van der Waals surface area contributed by atoms with Crippen LogP contribution in [0.5, 0.6) is 0 Å². The molecule has 0 aromatic heterocycles. The minimum Gasteiger partial charge on any atom is -0.756 e. The van der Waals surface area contributed by atoms with Crippen molar-refractivity contribution in [2.24, 2.45) is 0 Å². The molecule has 0 saturated carbocycles. The molecule has 1 aromatic rings. The highest BCUT2D eigenvalue weighted by Gasteiger charge is 2.35. The van der Waals surface area contributed by atoms with Crippen molar-refractivity contribution in [3.63, 3.8) is 0 Å². The van der Waals surface area contributed by atoms with Crippen LogP contribution in [-0.2, 0) is 4.84 Å². The zero-order valence-electron chi connectivity index (χ0n) is 12.3. The Morgan fingerprint density at radius 2 is 1.96 bits per heavy atom. The van der Waals surface area contributed by atoms with Crippen LogP contribution < -0.4 is 5.59 Å². The van der Waals surface area contributed by atoms with E-state index in [1.165, 1.54) is 5.01 Å². The molecule has 9 nitrogen and oxygen atoms in total. The Kier molecular flexibility index (Phi) is 4.66. The summed E-state index contributed by atoms with van der Waals surface area (Å²) in [6.07, 6.45) is 1.51. The Morgan fingerprint density at radius 3 is 2.57 bits per heavy atom. The zero-order valence-corrected chi connectivity index (χ0v) is 12.3. The normalized spacial score (nSPS) is 21.5. The van der Waals surface area contributed by atoms with E-state index in [0.717, 1.165) is 17.7 Å². The molecule has 2 aliphatic heterocycles. The van der Waals surface area contributed by atoms with E-state index in [1.54, 1.807) is 24.3 Å². The smallest absolute Gasteiger partial charge is 0.263 e. The van der Waals surface area contributed by atoms with E-state index in [-0.39, 0.29) is 19.4 Å². The predicted octanol–water partition coefficient (Wildman–Crippen LogP) is -0.152. The van der Waals surface area contributed by atoms with Crippen LogP contribution >= 0.6 is 0 Å². The fourth-order valence-corrected chi connectivity index (χ4v) is 2.80. The second-order valence-electron chi connectivity index (χ2n) is 5.36. The molecule has 1 aromatic carbocycles. The van der Waals surface area contributed by atoms with Gasteiger partial charge in [-0.2, -0.15) is 0 Å². The first-order valence-electron chi connectivity index (χ1n) is 7.31. The minimum absolute atomic E-state index is 0.126. The van der Waals surface area contributed by atoms with Crippen LogP contribution in [0.3, 0.4) is 0 Å². The van der Waals surface area contributed by atoms with Crippen LogP contribution in [0, 0.1) is 5.21 Å². The third-order valence-corrected chi connectivity index (χ3v) is 4.00. The number of hydrogen-bond acceptors (Lipinski definition) is 8. The molecule has 0 unspecified atom stereocenters. The second kappa shape index (κ2) is 6.71. The number of amides is 2. The molecule has 124 valence electrons. The highest BCUT2D eigenvalue weighted by molar-refractivity contribution is 6.21. The molecule has 2 aliphatic rings. The Labute approximate surface area is 132 Å². The maximum absolute atomic E-state index is 12.1. The molecular formula is C14H17N4O5-. The van der Waals surface area contributed by atoms with Crippen molar-refractivity contribution in [3.8, 4) is 0 Å². The van der Waals surface area contributed by atoms with Gasteiger partial charge in [-0.3, -0.25) is 14.4 Å². The third-order valence-electron chi connectivity index (χ3n) is 4.00. The third kappa shape index (κ3) is 2.98. The van der Waals surface area contributed by atoms with Crippen molar-refractivity contribution in [1.29, 1.82) is 0 Å². The summed E-state index contributed by atoms with van der Waals surface area (Å²) < 4.78 is 0. The number of aliphatic hydroxyl groups is 1. The number of hydrogen-bond donors (Lipinski definition) is 2. The first-order chi connectivity index (χ1) is 11.1. The van der Waals surface area contributed by atoms with Gasteiger partial charge in [0, 0.05) is 12.6 Å². The van der Waals surface area contributed by atoms with E-state index in [9.17, 15) is 19.9 Å². The zero-order chi connectivity index (χ0) is 16.4. The minimum atomic E-state index is -0.459. The van der Waals surface area contributed by atoms with Crippen LogP contribution in [0.25, 0.3) is 0 Å². The Hall–Kier alpha value is -1.88. The van der Waals surface area contributed by atoms with E-state index < -0.39 is 11.8 Å². The molecule has 1 atom stereocenters. The van der Waals surface area contributed by atoms with Crippen molar-refractivity contribution >= 4 is 11.8 Å². The van der Waals surface area contributed by atoms with Crippen molar-refractivity contribution < 1.29 is 19.5 Å². The molecule has 3 rings (SSSR count). The molecule has 9 heteroatoms. The SMILES string of the molecule is O=C1c2ccccc2C(=O)N1CONN([O-])N1CCC[C@H]1CO. The topological polar surface area (TPSA) is 108 Å². The Bertz CT molecular complexity index is 576. The van der Waals surface area contributed by atoms with E-state index in [2.05, 4.69) is 5.59 Å². The summed E-state index contributed by atoms with van der Waals surface area (Å²) in [6, 6.07) is 6.23. The molecule has 2 heterocycles. The summed E-state index contributed by atoms with van der Waals surface area (Å²) in [5.41, 5.74) is 2.77.